The average Bonchev–Trinajstić information content (AvgIpc) is 3.10. The summed E-state index contributed by atoms with van der Waals surface area (Å²) in [6, 6.07) is 17.6. The largest absolute Gasteiger partial charge is 0.494 e. The van der Waals surface area contributed by atoms with Crippen LogP contribution in [0.15, 0.2) is 59.0 Å². The fourth-order valence-corrected chi connectivity index (χ4v) is 3.73. The topological polar surface area (TPSA) is 64.4 Å². The zero-order valence-corrected chi connectivity index (χ0v) is 17.8. The molecular formula is C23H26N2O3S. The molecule has 0 fully saturated rings. The van der Waals surface area contributed by atoms with Gasteiger partial charge >= 0.3 is 0 Å². The molecule has 1 N–H and O–H groups in total. The fraction of sp³-hybridized carbons (Fsp3) is 0.304. The Hall–Kier alpha value is -2.73. The number of hydrogen-bond acceptors (Lipinski definition) is 5. The van der Waals surface area contributed by atoms with Gasteiger partial charge in [0.2, 0.25) is 11.8 Å². The van der Waals surface area contributed by atoms with Crippen LogP contribution >= 0.6 is 11.8 Å². The van der Waals surface area contributed by atoms with Gasteiger partial charge in [0.05, 0.1) is 24.1 Å². The molecule has 0 radical (unpaired) electrons. The highest BCUT2D eigenvalue weighted by Gasteiger charge is 2.13. The van der Waals surface area contributed by atoms with Crippen LogP contribution in [-0.4, -0.2) is 23.3 Å². The first-order chi connectivity index (χ1) is 14.1. The quantitative estimate of drug-likeness (QED) is 0.528. The second-order valence-electron chi connectivity index (χ2n) is 6.67. The molecule has 1 amide bonds. The summed E-state index contributed by atoms with van der Waals surface area (Å²) < 4.78 is 11.3. The van der Waals surface area contributed by atoms with Crippen LogP contribution in [0.1, 0.15) is 36.9 Å². The molecule has 3 rings (SSSR count). The van der Waals surface area contributed by atoms with Crippen molar-refractivity contribution in [2.24, 2.45) is 0 Å². The van der Waals surface area contributed by atoms with E-state index in [2.05, 4.69) is 10.3 Å². The molecule has 0 aliphatic rings. The molecule has 3 aromatic rings. The van der Waals surface area contributed by atoms with Crippen molar-refractivity contribution in [1.29, 1.82) is 0 Å². The number of benzene rings is 2. The first-order valence-electron chi connectivity index (χ1n) is 9.68. The molecule has 5 nitrogen and oxygen atoms in total. The van der Waals surface area contributed by atoms with Crippen LogP contribution in [0.25, 0.3) is 11.5 Å². The van der Waals surface area contributed by atoms with Crippen LogP contribution in [0.3, 0.4) is 0 Å². The predicted molar refractivity (Wildman–Crippen MR) is 117 cm³/mol. The SMILES string of the molecule is CCOc1ccc(-c2nc(CSCC(=O)N[C@H](C)c3ccccc3)c(C)o2)cc1. The number of rotatable bonds is 9. The summed E-state index contributed by atoms with van der Waals surface area (Å²) >= 11 is 1.53. The molecule has 6 heteroatoms. The number of carbonyl (C=O) groups is 1. The molecule has 29 heavy (non-hydrogen) atoms. The van der Waals surface area contributed by atoms with E-state index in [1.54, 1.807) is 0 Å². The Morgan fingerprint density at radius 1 is 1.17 bits per heavy atom. The van der Waals surface area contributed by atoms with Gasteiger partial charge in [0.25, 0.3) is 0 Å². The Balaban J connectivity index is 1.51. The van der Waals surface area contributed by atoms with Crippen LogP contribution in [0.4, 0.5) is 0 Å². The third-order valence-corrected chi connectivity index (χ3v) is 5.40. The van der Waals surface area contributed by atoms with E-state index in [0.29, 0.717) is 24.0 Å². The van der Waals surface area contributed by atoms with Gasteiger partial charge in [-0.1, -0.05) is 30.3 Å². The number of aryl methyl sites for hydroxylation is 1. The molecular weight excluding hydrogens is 384 g/mol. The first kappa shape index (κ1) is 21.0. The summed E-state index contributed by atoms with van der Waals surface area (Å²) in [5, 5.41) is 3.03. The Bertz CT molecular complexity index is 923. The second kappa shape index (κ2) is 10.2. The molecule has 1 atom stereocenters. The van der Waals surface area contributed by atoms with Crippen LogP contribution in [0.2, 0.25) is 0 Å². The number of nitrogens with zero attached hydrogens (tertiary/aromatic N) is 1. The van der Waals surface area contributed by atoms with Crippen molar-refractivity contribution in [3.05, 3.63) is 71.6 Å². The Morgan fingerprint density at radius 2 is 1.90 bits per heavy atom. The Labute approximate surface area is 175 Å². The van der Waals surface area contributed by atoms with Crippen molar-refractivity contribution in [2.45, 2.75) is 32.6 Å². The van der Waals surface area contributed by atoms with Gasteiger partial charge in [0.1, 0.15) is 11.5 Å². The summed E-state index contributed by atoms with van der Waals surface area (Å²) in [4.78, 5) is 16.8. The van der Waals surface area contributed by atoms with E-state index >= 15 is 0 Å². The Morgan fingerprint density at radius 3 is 2.59 bits per heavy atom. The number of hydrogen-bond donors (Lipinski definition) is 1. The molecule has 152 valence electrons. The third-order valence-electron chi connectivity index (χ3n) is 4.45. The van der Waals surface area contributed by atoms with Crippen molar-refractivity contribution >= 4 is 17.7 Å². The van der Waals surface area contributed by atoms with Crippen molar-refractivity contribution in [2.75, 3.05) is 12.4 Å². The minimum absolute atomic E-state index is 0.00986. The molecule has 0 unspecified atom stereocenters. The summed E-state index contributed by atoms with van der Waals surface area (Å²) in [5.41, 5.74) is 2.86. The normalized spacial score (nSPS) is 11.8. The van der Waals surface area contributed by atoms with Gasteiger partial charge in [0, 0.05) is 11.3 Å². The highest BCUT2D eigenvalue weighted by Crippen LogP contribution is 2.26. The van der Waals surface area contributed by atoms with Crippen LogP contribution in [0, 0.1) is 6.92 Å². The molecule has 1 aromatic heterocycles. The second-order valence-corrected chi connectivity index (χ2v) is 7.66. The maximum absolute atomic E-state index is 12.2. The number of oxazole rings is 1. The summed E-state index contributed by atoms with van der Waals surface area (Å²) in [6.07, 6.45) is 0. The van der Waals surface area contributed by atoms with Crippen LogP contribution < -0.4 is 10.1 Å². The average molecular weight is 411 g/mol. The number of amides is 1. The van der Waals surface area contributed by atoms with Crippen LogP contribution in [-0.2, 0) is 10.5 Å². The van der Waals surface area contributed by atoms with Gasteiger partial charge in [-0.2, -0.15) is 0 Å². The smallest absolute Gasteiger partial charge is 0.230 e. The molecule has 0 aliphatic carbocycles. The standard InChI is InChI=1S/C23H26N2O3S/c1-4-27-20-12-10-19(11-13-20)23-25-21(17(3)28-23)14-29-15-22(26)24-16(2)18-8-6-5-7-9-18/h5-13,16H,4,14-15H2,1-3H3,(H,24,26)/t16-/m1/s1. The van der Waals surface area contributed by atoms with Crippen molar-refractivity contribution in [3.8, 4) is 17.2 Å². The first-order valence-corrected chi connectivity index (χ1v) is 10.8. The van der Waals surface area contributed by atoms with E-state index in [9.17, 15) is 4.79 Å². The number of thioether (sulfide) groups is 1. The van der Waals surface area contributed by atoms with E-state index < -0.39 is 0 Å². The number of aromatic nitrogens is 1. The van der Waals surface area contributed by atoms with Crippen LogP contribution in [0.5, 0.6) is 5.75 Å². The minimum Gasteiger partial charge on any atom is -0.494 e. The van der Waals surface area contributed by atoms with E-state index in [0.717, 1.165) is 28.3 Å². The lowest BCUT2D eigenvalue weighted by atomic mass is 10.1. The van der Waals surface area contributed by atoms with Gasteiger partial charge in [-0.05, 0) is 50.6 Å². The van der Waals surface area contributed by atoms with Gasteiger partial charge in [-0.25, -0.2) is 4.98 Å². The van der Waals surface area contributed by atoms with Crippen molar-refractivity contribution in [3.63, 3.8) is 0 Å². The molecule has 1 heterocycles. The summed E-state index contributed by atoms with van der Waals surface area (Å²) in [5.74, 6) is 3.20. The van der Waals surface area contributed by atoms with E-state index in [1.165, 1.54) is 11.8 Å². The maximum Gasteiger partial charge on any atom is 0.230 e. The van der Waals surface area contributed by atoms with Gasteiger partial charge in [-0.15, -0.1) is 11.8 Å². The zero-order chi connectivity index (χ0) is 20.6. The lowest BCUT2D eigenvalue weighted by Gasteiger charge is -2.13. The van der Waals surface area contributed by atoms with Crippen molar-refractivity contribution in [1.82, 2.24) is 10.3 Å². The van der Waals surface area contributed by atoms with E-state index in [1.807, 2.05) is 75.4 Å². The van der Waals surface area contributed by atoms with Crippen molar-refractivity contribution < 1.29 is 13.9 Å². The lowest BCUT2D eigenvalue weighted by Crippen LogP contribution is -2.28. The number of carbonyl (C=O) groups excluding carboxylic acids is 1. The molecule has 0 bridgehead atoms. The van der Waals surface area contributed by atoms with E-state index in [-0.39, 0.29) is 11.9 Å². The number of nitrogens with one attached hydrogen (secondary N) is 1. The predicted octanol–water partition coefficient (Wildman–Crippen LogP) is 5.16. The minimum atomic E-state index is -0.00986. The van der Waals surface area contributed by atoms with Gasteiger partial charge in [-0.3, -0.25) is 4.79 Å². The third kappa shape index (κ3) is 5.87. The maximum atomic E-state index is 12.2. The van der Waals surface area contributed by atoms with Gasteiger partial charge in [0.15, 0.2) is 0 Å². The highest BCUT2D eigenvalue weighted by atomic mass is 32.2. The zero-order valence-electron chi connectivity index (χ0n) is 17.0. The molecule has 0 aliphatic heterocycles. The monoisotopic (exact) mass is 410 g/mol. The molecule has 0 saturated heterocycles. The fourth-order valence-electron chi connectivity index (χ4n) is 2.89. The van der Waals surface area contributed by atoms with E-state index in [4.69, 9.17) is 9.15 Å². The molecule has 0 spiro atoms. The molecule has 2 aromatic carbocycles. The Kier molecular flexibility index (Phi) is 7.36. The molecule has 0 saturated carbocycles. The highest BCUT2D eigenvalue weighted by molar-refractivity contribution is 7.99. The number of ether oxygens (including phenoxy) is 1. The van der Waals surface area contributed by atoms with Gasteiger partial charge < -0.3 is 14.5 Å². The summed E-state index contributed by atoms with van der Waals surface area (Å²) in [6.45, 7) is 6.48. The summed E-state index contributed by atoms with van der Waals surface area (Å²) in [7, 11) is 0. The lowest BCUT2D eigenvalue weighted by molar-refractivity contribution is -0.119.